The van der Waals surface area contributed by atoms with Crippen LogP contribution in [0.3, 0.4) is 0 Å². The summed E-state index contributed by atoms with van der Waals surface area (Å²) in [6.45, 7) is 5.07. The molecule has 2 rings (SSSR count). The Bertz CT molecular complexity index is 383. The van der Waals surface area contributed by atoms with Crippen LogP contribution in [-0.2, 0) is 0 Å². The molecular weight excluding hydrogens is 234 g/mol. The molecule has 0 bridgehead atoms. The lowest BCUT2D eigenvalue weighted by atomic mass is 9.99. The van der Waals surface area contributed by atoms with Gasteiger partial charge in [0.05, 0.1) is 6.10 Å². The Morgan fingerprint density at radius 1 is 1.21 bits per heavy atom. The van der Waals surface area contributed by atoms with E-state index in [2.05, 4.69) is 43.4 Å². The molecule has 106 valence electrons. The first-order valence-corrected chi connectivity index (χ1v) is 7.67. The SMILES string of the molecule is CC(C)c1ccccc1NCC(O)CC1CCCC1. The van der Waals surface area contributed by atoms with Crippen molar-refractivity contribution in [3.05, 3.63) is 29.8 Å². The van der Waals surface area contributed by atoms with Gasteiger partial charge in [0.15, 0.2) is 0 Å². The number of nitrogens with one attached hydrogen (secondary N) is 1. The third kappa shape index (κ3) is 4.24. The van der Waals surface area contributed by atoms with E-state index in [4.69, 9.17) is 0 Å². The smallest absolute Gasteiger partial charge is 0.0715 e. The van der Waals surface area contributed by atoms with Gasteiger partial charge in [0.25, 0.3) is 0 Å². The highest BCUT2D eigenvalue weighted by atomic mass is 16.3. The molecule has 0 amide bonds. The first-order valence-electron chi connectivity index (χ1n) is 7.67. The van der Waals surface area contributed by atoms with Crippen molar-refractivity contribution in [2.24, 2.45) is 5.92 Å². The number of hydrogen-bond donors (Lipinski definition) is 2. The minimum atomic E-state index is -0.219. The zero-order valence-corrected chi connectivity index (χ0v) is 12.2. The Labute approximate surface area is 117 Å². The summed E-state index contributed by atoms with van der Waals surface area (Å²) in [5.74, 6) is 1.26. The van der Waals surface area contributed by atoms with Crippen molar-refractivity contribution < 1.29 is 5.11 Å². The van der Waals surface area contributed by atoms with Gasteiger partial charge in [-0.05, 0) is 29.9 Å². The van der Waals surface area contributed by atoms with E-state index in [1.165, 1.54) is 36.9 Å². The number of para-hydroxylation sites is 1. The van der Waals surface area contributed by atoms with Crippen LogP contribution in [-0.4, -0.2) is 17.8 Å². The number of aliphatic hydroxyl groups is 1. The van der Waals surface area contributed by atoms with Gasteiger partial charge in [0.1, 0.15) is 0 Å². The second kappa shape index (κ2) is 6.95. The highest BCUT2D eigenvalue weighted by Crippen LogP contribution is 2.29. The molecule has 0 radical (unpaired) electrons. The monoisotopic (exact) mass is 261 g/mol. The molecule has 0 spiro atoms. The first-order chi connectivity index (χ1) is 9.16. The van der Waals surface area contributed by atoms with E-state index in [9.17, 15) is 5.11 Å². The van der Waals surface area contributed by atoms with Crippen LogP contribution in [0.1, 0.15) is 57.4 Å². The molecule has 19 heavy (non-hydrogen) atoms. The summed E-state index contributed by atoms with van der Waals surface area (Å²) in [7, 11) is 0. The maximum absolute atomic E-state index is 10.1. The van der Waals surface area contributed by atoms with Gasteiger partial charge >= 0.3 is 0 Å². The van der Waals surface area contributed by atoms with Crippen molar-refractivity contribution in [2.45, 2.75) is 58.0 Å². The Morgan fingerprint density at radius 3 is 2.58 bits per heavy atom. The van der Waals surface area contributed by atoms with Gasteiger partial charge in [-0.1, -0.05) is 57.7 Å². The quantitative estimate of drug-likeness (QED) is 0.805. The molecular formula is C17H27NO. The van der Waals surface area contributed by atoms with Crippen molar-refractivity contribution in [2.75, 3.05) is 11.9 Å². The summed E-state index contributed by atoms with van der Waals surface area (Å²) in [4.78, 5) is 0. The standard InChI is InChI=1S/C17H27NO/c1-13(2)16-9-5-6-10-17(16)18-12-15(19)11-14-7-3-4-8-14/h5-6,9-10,13-15,18-19H,3-4,7-8,11-12H2,1-2H3. The lowest BCUT2D eigenvalue weighted by molar-refractivity contribution is 0.155. The predicted molar refractivity (Wildman–Crippen MR) is 81.6 cm³/mol. The van der Waals surface area contributed by atoms with Gasteiger partial charge in [-0.3, -0.25) is 0 Å². The van der Waals surface area contributed by atoms with Gasteiger partial charge in [-0.2, -0.15) is 0 Å². The van der Waals surface area contributed by atoms with Gasteiger partial charge in [-0.25, -0.2) is 0 Å². The molecule has 1 aliphatic carbocycles. The van der Waals surface area contributed by atoms with Gasteiger partial charge in [-0.15, -0.1) is 0 Å². The van der Waals surface area contributed by atoms with E-state index in [1.54, 1.807) is 0 Å². The number of aliphatic hydroxyl groups excluding tert-OH is 1. The number of hydrogen-bond acceptors (Lipinski definition) is 2. The predicted octanol–water partition coefficient (Wildman–Crippen LogP) is 4.16. The second-order valence-corrected chi connectivity index (χ2v) is 6.16. The highest BCUT2D eigenvalue weighted by molar-refractivity contribution is 5.52. The summed E-state index contributed by atoms with van der Waals surface area (Å²) in [6, 6.07) is 8.40. The molecule has 2 N–H and O–H groups in total. The van der Waals surface area contributed by atoms with Crippen molar-refractivity contribution in [1.29, 1.82) is 0 Å². The Kier molecular flexibility index (Phi) is 5.26. The topological polar surface area (TPSA) is 32.3 Å². The Balaban J connectivity index is 1.84. The number of benzene rings is 1. The van der Waals surface area contributed by atoms with Crippen LogP contribution in [0.4, 0.5) is 5.69 Å². The molecule has 1 fully saturated rings. The zero-order valence-electron chi connectivity index (χ0n) is 12.2. The molecule has 2 heteroatoms. The first kappa shape index (κ1) is 14.4. The maximum atomic E-state index is 10.1. The number of rotatable bonds is 6. The molecule has 1 aromatic rings. The molecule has 2 nitrogen and oxygen atoms in total. The summed E-state index contributed by atoms with van der Waals surface area (Å²) >= 11 is 0. The van der Waals surface area contributed by atoms with Gasteiger partial charge in [0, 0.05) is 12.2 Å². The van der Waals surface area contributed by atoms with Crippen molar-refractivity contribution >= 4 is 5.69 Å². The average Bonchev–Trinajstić information content (AvgIpc) is 2.89. The Morgan fingerprint density at radius 2 is 1.89 bits per heavy atom. The third-order valence-corrected chi connectivity index (χ3v) is 4.19. The third-order valence-electron chi connectivity index (χ3n) is 4.19. The van der Waals surface area contributed by atoms with E-state index in [0.717, 1.165) is 12.3 Å². The van der Waals surface area contributed by atoms with Gasteiger partial charge in [0.2, 0.25) is 0 Å². The molecule has 0 aromatic heterocycles. The van der Waals surface area contributed by atoms with Crippen molar-refractivity contribution in [3.8, 4) is 0 Å². The maximum Gasteiger partial charge on any atom is 0.0715 e. The van der Waals surface area contributed by atoms with Crippen LogP contribution in [0.25, 0.3) is 0 Å². The lowest BCUT2D eigenvalue weighted by Crippen LogP contribution is -2.22. The molecule has 1 atom stereocenters. The molecule has 1 saturated carbocycles. The van der Waals surface area contributed by atoms with E-state index >= 15 is 0 Å². The van der Waals surface area contributed by atoms with Gasteiger partial charge < -0.3 is 10.4 Å². The number of anilines is 1. The van der Waals surface area contributed by atoms with Crippen LogP contribution in [0.5, 0.6) is 0 Å². The molecule has 0 aliphatic heterocycles. The minimum absolute atomic E-state index is 0.219. The Hall–Kier alpha value is -1.02. The van der Waals surface area contributed by atoms with Crippen LogP contribution < -0.4 is 5.32 Å². The molecule has 1 aliphatic rings. The van der Waals surface area contributed by atoms with E-state index in [0.29, 0.717) is 12.5 Å². The lowest BCUT2D eigenvalue weighted by Gasteiger charge is -2.19. The van der Waals surface area contributed by atoms with Crippen LogP contribution in [0.15, 0.2) is 24.3 Å². The van der Waals surface area contributed by atoms with E-state index in [1.807, 2.05) is 0 Å². The van der Waals surface area contributed by atoms with Crippen LogP contribution in [0, 0.1) is 5.92 Å². The largest absolute Gasteiger partial charge is 0.391 e. The zero-order chi connectivity index (χ0) is 13.7. The molecule has 1 unspecified atom stereocenters. The fourth-order valence-corrected chi connectivity index (χ4v) is 3.10. The van der Waals surface area contributed by atoms with Crippen molar-refractivity contribution in [3.63, 3.8) is 0 Å². The molecule has 0 heterocycles. The second-order valence-electron chi connectivity index (χ2n) is 6.16. The molecule has 1 aromatic carbocycles. The summed E-state index contributed by atoms with van der Waals surface area (Å²) in [5.41, 5.74) is 2.50. The fourth-order valence-electron chi connectivity index (χ4n) is 3.10. The van der Waals surface area contributed by atoms with E-state index < -0.39 is 0 Å². The van der Waals surface area contributed by atoms with Crippen LogP contribution in [0.2, 0.25) is 0 Å². The summed E-state index contributed by atoms with van der Waals surface area (Å²) in [6.07, 6.45) is 6.04. The normalized spacial score (nSPS) is 17.9. The summed E-state index contributed by atoms with van der Waals surface area (Å²) < 4.78 is 0. The molecule has 0 saturated heterocycles. The highest BCUT2D eigenvalue weighted by Gasteiger charge is 2.18. The fraction of sp³-hybridized carbons (Fsp3) is 0.647. The van der Waals surface area contributed by atoms with Crippen LogP contribution >= 0.6 is 0 Å². The average molecular weight is 261 g/mol. The summed E-state index contributed by atoms with van der Waals surface area (Å²) in [5, 5.41) is 13.6. The van der Waals surface area contributed by atoms with E-state index in [-0.39, 0.29) is 6.10 Å². The minimum Gasteiger partial charge on any atom is -0.391 e. The van der Waals surface area contributed by atoms with Crippen molar-refractivity contribution in [1.82, 2.24) is 0 Å².